The van der Waals surface area contributed by atoms with Crippen LogP contribution in [0.4, 0.5) is 0 Å². The molecule has 0 fully saturated rings. The summed E-state index contributed by atoms with van der Waals surface area (Å²) in [6.45, 7) is 1.90. The molecule has 6 heteroatoms. The lowest BCUT2D eigenvalue weighted by Gasteiger charge is -2.15. The second-order valence-corrected chi connectivity index (χ2v) is 6.43. The summed E-state index contributed by atoms with van der Waals surface area (Å²) in [7, 11) is 6.67. The maximum Gasteiger partial charge on any atom is 0.203 e. The van der Waals surface area contributed by atoms with Gasteiger partial charge in [0.1, 0.15) is 5.71 Å². The van der Waals surface area contributed by atoms with Crippen molar-refractivity contribution in [2.45, 2.75) is 6.92 Å². The van der Waals surface area contributed by atoms with Gasteiger partial charge in [-0.3, -0.25) is 0 Å². The molecule has 6 nitrogen and oxygen atoms in total. The van der Waals surface area contributed by atoms with Gasteiger partial charge in [-0.1, -0.05) is 11.2 Å². The van der Waals surface area contributed by atoms with E-state index >= 15 is 0 Å². The third kappa shape index (κ3) is 3.53. The topological polar surface area (TPSA) is 65.2 Å². The Balaban J connectivity index is 2.03. The van der Waals surface area contributed by atoms with Crippen molar-refractivity contribution in [1.82, 2.24) is 4.57 Å². The number of fused-ring (bicyclic) bond motifs is 1. The third-order valence-electron chi connectivity index (χ3n) is 4.70. The quantitative estimate of drug-likeness (QED) is 0.389. The summed E-state index contributed by atoms with van der Waals surface area (Å²) in [5, 5.41) is 14.4. The van der Waals surface area contributed by atoms with Gasteiger partial charge in [0.15, 0.2) is 11.5 Å². The van der Waals surface area contributed by atoms with Crippen LogP contribution >= 0.6 is 0 Å². The van der Waals surface area contributed by atoms with Crippen molar-refractivity contribution in [3.8, 4) is 17.2 Å². The molecule has 0 aliphatic heterocycles. The van der Waals surface area contributed by atoms with Crippen LogP contribution in [0.2, 0.25) is 0 Å². The zero-order valence-electron chi connectivity index (χ0n) is 16.7. The highest BCUT2D eigenvalue weighted by Gasteiger charge is 2.17. The average molecular weight is 380 g/mol. The number of aryl methyl sites for hydroxylation is 1. The first kappa shape index (κ1) is 19.4. The fourth-order valence-corrected chi connectivity index (χ4v) is 3.29. The van der Waals surface area contributed by atoms with Crippen molar-refractivity contribution in [3.05, 3.63) is 59.3 Å². The number of benzene rings is 2. The summed E-state index contributed by atoms with van der Waals surface area (Å²) in [6, 6.07) is 11.8. The first-order valence-electron chi connectivity index (χ1n) is 8.78. The molecule has 0 saturated carbocycles. The zero-order chi connectivity index (χ0) is 20.3. The van der Waals surface area contributed by atoms with E-state index in [1.807, 2.05) is 32.3 Å². The highest BCUT2D eigenvalue weighted by Crippen LogP contribution is 2.38. The van der Waals surface area contributed by atoms with Gasteiger partial charge in [0.25, 0.3) is 0 Å². The number of rotatable bonds is 6. The summed E-state index contributed by atoms with van der Waals surface area (Å²) in [4.78, 5) is 0. The molecule has 3 aromatic rings. The summed E-state index contributed by atoms with van der Waals surface area (Å²) in [5.74, 6) is 1.48. The zero-order valence-corrected chi connectivity index (χ0v) is 16.7. The number of nitrogens with zero attached hydrogens (tertiary/aromatic N) is 2. The van der Waals surface area contributed by atoms with Gasteiger partial charge in [-0.05, 0) is 54.5 Å². The second kappa shape index (κ2) is 8.08. The van der Waals surface area contributed by atoms with E-state index in [9.17, 15) is 5.21 Å². The number of aromatic nitrogens is 1. The number of hydrogen-bond acceptors (Lipinski definition) is 5. The Morgan fingerprint density at radius 2 is 1.68 bits per heavy atom. The molecule has 1 aromatic heterocycles. The molecule has 1 heterocycles. The van der Waals surface area contributed by atoms with Crippen molar-refractivity contribution in [2.24, 2.45) is 12.2 Å². The van der Waals surface area contributed by atoms with E-state index in [0.717, 1.165) is 22.0 Å². The van der Waals surface area contributed by atoms with E-state index in [1.165, 1.54) is 0 Å². The maximum absolute atomic E-state index is 9.69. The minimum Gasteiger partial charge on any atom is -0.493 e. The van der Waals surface area contributed by atoms with Gasteiger partial charge in [-0.2, -0.15) is 0 Å². The molecule has 0 amide bonds. The standard InChI is InChI=1S/C22H24N2O4/c1-14(10-15-6-7-18-16(11-15)8-9-24(18)2)21(23-25)17-12-19(26-3)22(28-5)20(13-17)27-4/h6-13,25H,1-5H3/b14-10+,23-21?. The van der Waals surface area contributed by atoms with E-state index in [-0.39, 0.29) is 0 Å². The van der Waals surface area contributed by atoms with Crippen molar-refractivity contribution in [2.75, 3.05) is 21.3 Å². The van der Waals surface area contributed by atoms with Gasteiger partial charge in [0, 0.05) is 29.7 Å². The van der Waals surface area contributed by atoms with Crippen LogP contribution in [0.25, 0.3) is 17.0 Å². The van der Waals surface area contributed by atoms with Crippen molar-refractivity contribution in [3.63, 3.8) is 0 Å². The van der Waals surface area contributed by atoms with E-state index in [2.05, 4.69) is 27.9 Å². The Bertz CT molecular complexity index is 1040. The maximum atomic E-state index is 9.69. The molecule has 0 spiro atoms. The molecule has 0 aliphatic rings. The molecule has 2 aromatic carbocycles. The monoisotopic (exact) mass is 380 g/mol. The van der Waals surface area contributed by atoms with Crippen molar-refractivity contribution < 1.29 is 19.4 Å². The molecule has 0 atom stereocenters. The number of methoxy groups -OCH3 is 3. The van der Waals surface area contributed by atoms with Gasteiger partial charge < -0.3 is 24.0 Å². The smallest absolute Gasteiger partial charge is 0.203 e. The molecule has 1 N–H and O–H groups in total. The minimum atomic E-state index is 0.424. The lowest BCUT2D eigenvalue weighted by molar-refractivity contribution is 0.318. The molecule has 0 unspecified atom stereocenters. The van der Waals surface area contributed by atoms with Gasteiger partial charge in [-0.15, -0.1) is 0 Å². The highest BCUT2D eigenvalue weighted by molar-refractivity contribution is 6.15. The first-order chi connectivity index (χ1) is 13.5. The van der Waals surface area contributed by atoms with Gasteiger partial charge in [-0.25, -0.2) is 0 Å². The largest absolute Gasteiger partial charge is 0.493 e. The van der Waals surface area contributed by atoms with Crippen molar-refractivity contribution >= 4 is 22.7 Å². The second-order valence-electron chi connectivity index (χ2n) is 6.43. The van der Waals surface area contributed by atoms with E-state index in [0.29, 0.717) is 28.5 Å². The predicted molar refractivity (Wildman–Crippen MR) is 111 cm³/mol. The number of allylic oxidation sites excluding steroid dienone is 1. The predicted octanol–water partition coefficient (Wildman–Crippen LogP) is 4.49. The van der Waals surface area contributed by atoms with Crippen molar-refractivity contribution in [1.29, 1.82) is 0 Å². The summed E-state index contributed by atoms with van der Waals surface area (Å²) < 4.78 is 18.2. The van der Waals surface area contributed by atoms with Gasteiger partial charge in [0.05, 0.1) is 21.3 Å². The molecule has 0 aliphatic carbocycles. The van der Waals surface area contributed by atoms with Crippen LogP contribution < -0.4 is 14.2 Å². The van der Waals surface area contributed by atoms with E-state index < -0.39 is 0 Å². The first-order valence-corrected chi connectivity index (χ1v) is 8.78. The van der Waals surface area contributed by atoms with Crippen LogP contribution in [0, 0.1) is 0 Å². The summed E-state index contributed by atoms with van der Waals surface area (Å²) >= 11 is 0. The molecule has 28 heavy (non-hydrogen) atoms. The number of ether oxygens (including phenoxy) is 3. The minimum absolute atomic E-state index is 0.424. The van der Waals surface area contributed by atoms with Crippen LogP contribution in [0.3, 0.4) is 0 Å². The van der Waals surface area contributed by atoms with E-state index in [1.54, 1.807) is 33.5 Å². The van der Waals surface area contributed by atoms with Gasteiger partial charge in [0.2, 0.25) is 5.75 Å². The van der Waals surface area contributed by atoms with Crippen LogP contribution in [-0.2, 0) is 7.05 Å². The van der Waals surface area contributed by atoms with Crippen LogP contribution in [0.1, 0.15) is 18.1 Å². The highest BCUT2D eigenvalue weighted by atomic mass is 16.5. The van der Waals surface area contributed by atoms with Crippen LogP contribution in [0.5, 0.6) is 17.2 Å². The Morgan fingerprint density at radius 3 is 2.25 bits per heavy atom. The Labute approximate surface area is 164 Å². The van der Waals surface area contributed by atoms with Crippen LogP contribution in [-0.4, -0.2) is 36.8 Å². The fraction of sp³-hybridized carbons (Fsp3) is 0.227. The Morgan fingerprint density at radius 1 is 1.00 bits per heavy atom. The Kier molecular flexibility index (Phi) is 5.59. The van der Waals surface area contributed by atoms with Gasteiger partial charge >= 0.3 is 0 Å². The molecule has 0 bridgehead atoms. The summed E-state index contributed by atoms with van der Waals surface area (Å²) in [6.07, 6.45) is 4.01. The normalized spacial score (nSPS) is 12.3. The average Bonchev–Trinajstić information content (AvgIpc) is 3.07. The molecular weight excluding hydrogens is 356 g/mol. The van der Waals surface area contributed by atoms with Crippen LogP contribution in [0.15, 0.2) is 53.3 Å². The number of hydrogen-bond donors (Lipinski definition) is 1. The molecule has 146 valence electrons. The number of oxime groups is 1. The summed E-state index contributed by atoms with van der Waals surface area (Å²) in [5.41, 5.74) is 4.06. The molecule has 3 rings (SSSR count). The molecule has 0 saturated heterocycles. The lowest BCUT2D eigenvalue weighted by atomic mass is 10.00. The molecular formula is C22H24N2O4. The fourth-order valence-electron chi connectivity index (χ4n) is 3.29. The molecule has 0 radical (unpaired) electrons. The Hall–Kier alpha value is -3.41. The third-order valence-corrected chi connectivity index (χ3v) is 4.70. The lowest BCUT2D eigenvalue weighted by Crippen LogP contribution is -2.05. The SMILES string of the molecule is COc1cc(C(=NO)/C(C)=C/c2ccc3c(ccn3C)c2)cc(OC)c1OC. The van der Waals surface area contributed by atoms with E-state index in [4.69, 9.17) is 14.2 Å².